The third-order valence-electron chi connectivity index (χ3n) is 20.9. The number of allylic oxidation sites excluding steroid dienone is 4. The van der Waals surface area contributed by atoms with Gasteiger partial charge in [-0.2, -0.15) is 13.2 Å². The SMILES string of the molecule is CC[C@H](C)[C@H]1CN[C@@H](CC2CCCCC2)C(C)NCC2[C@H](C)CN2[C@@H](C(C)C)C(C)NC2(CCCC2)CNCCN=CC=C(CCc2ccc(C(F)(F)F)c(Cl)c2)NC=CN(C)C=C(CC2CCCCC2)N(C)C=C2CCCN2[C@@H](C)C(C)N1. The third-order valence-corrected chi connectivity index (χ3v) is 21.2. The Bertz CT molecular complexity index is 2270. The van der Waals surface area contributed by atoms with Crippen LogP contribution in [0.3, 0.4) is 0 Å². The lowest BCUT2D eigenvalue weighted by Crippen LogP contribution is -2.69. The summed E-state index contributed by atoms with van der Waals surface area (Å²) in [6, 6.07) is 7.11. The predicted molar refractivity (Wildman–Crippen MR) is 348 cm³/mol. The van der Waals surface area contributed by atoms with Crippen LogP contribution in [0.1, 0.15) is 202 Å². The minimum absolute atomic E-state index is 0.0502. The van der Waals surface area contributed by atoms with E-state index in [0.29, 0.717) is 91.4 Å². The van der Waals surface area contributed by atoms with Crippen LogP contribution in [0.15, 0.2) is 71.2 Å². The van der Waals surface area contributed by atoms with E-state index in [0.717, 1.165) is 88.2 Å². The van der Waals surface area contributed by atoms with E-state index in [1.807, 2.05) is 18.5 Å². The summed E-state index contributed by atoms with van der Waals surface area (Å²) in [7, 11) is 4.35. The highest BCUT2D eigenvalue weighted by atomic mass is 35.5. The summed E-state index contributed by atoms with van der Waals surface area (Å²) in [5.41, 5.74) is 3.62. The number of hydrogen-bond acceptors (Lipinski definition) is 11. The number of hydrogen-bond donors (Lipinski definition) is 6. The number of benzene rings is 1. The van der Waals surface area contributed by atoms with Crippen molar-refractivity contribution in [3.8, 4) is 0 Å². The molecule has 5 fully saturated rings. The lowest BCUT2D eigenvalue weighted by Gasteiger charge is -2.55. The van der Waals surface area contributed by atoms with Crippen LogP contribution in [0.2, 0.25) is 5.02 Å². The number of nitrogens with one attached hydrogen (secondary N) is 6. The molecule has 3 aliphatic carbocycles. The Hall–Kier alpha value is -3.11. The van der Waals surface area contributed by atoms with Crippen molar-refractivity contribution in [1.82, 2.24) is 51.5 Å². The first kappa shape index (κ1) is 68.4. The van der Waals surface area contributed by atoms with Gasteiger partial charge in [0.1, 0.15) is 0 Å². The van der Waals surface area contributed by atoms with Crippen molar-refractivity contribution in [2.75, 3.05) is 59.9 Å². The molecular weight excluding hydrogens is 1080 g/mol. The molecule has 476 valence electrons. The zero-order chi connectivity index (χ0) is 60.4. The molecule has 10 atom stereocenters. The van der Waals surface area contributed by atoms with Crippen molar-refractivity contribution >= 4 is 17.8 Å². The van der Waals surface area contributed by atoms with Gasteiger partial charge in [0.15, 0.2) is 0 Å². The normalized spacial score (nSPS) is 30.5. The summed E-state index contributed by atoms with van der Waals surface area (Å²) in [5, 5.41) is 24.2. The van der Waals surface area contributed by atoms with E-state index in [1.54, 1.807) is 0 Å². The number of aryl methyl sites for hydroxylation is 1. The van der Waals surface area contributed by atoms with Gasteiger partial charge in [-0.05, 0) is 132 Å². The maximum absolute atomic E-state index is 13.6. The van der Waals surface area contributed by atoms with E-state index >= 15 is 0 Å². The van der Waals surface area contributed by atoms with E-state index in [9.17, 15) is 13.2 Å². The molecule has 1 aromatic carbocycles. The Morgan fingerprint density at radius 2 is 1.54 bits per heavy atom. The number of aliphatic imine (C=N–C) groups is 1. The number of rotatable bonds is 10. The molecule has 2 saturated heterocycles. The fraction of sp³-hybridized carbons (Fsp3) is 0.783. The van der Waals surface area contributed by atoms with E-state index in [-0.39, 0.29) is 10.6 Å². The van der Waals surface area contributed by atoms with E-state index in [2.05, 4.69) is 147 Å². The highest BCUT2D eigenvalue weighted by Gasteiger charge is 2.45. The quantitative estimate of drug-likeness (QED) is 0.136. The number of nitrogens with zero attached hydrogens (tertiary/aromatic N) is 5. The lowest BCUT2D eigenvalue weighted by molar-refractivity contribution is -0.137. The van der Waals surface area contributed by atoms with Gasteiger partial charge < -0.3 is 46.6 Å². The van der Waals surface area contributed by atoms with E-state index < -0.39 is 11.7 Å². The van der Waals surface area contributed by atoms with Crippen LogP contribution < -0.4 is 31.9 Å². The van der Waals surface area contributed by atoms with E-state index in [4.69, 9.17) is 16.6 Å². The highest BCUT2D eigenvalue weighted by molar-refractivity contribution is 6.31. The molecule has 6 N–H and O–H groups in total. The van der Waals surface area contributed by atoms with Crippen LogP contribution in [0.4, 0.5) is 13.2 Å². The highest BCUT2D eigenvalue weighted by Crippen LogP contribution is 2.38. The zero-order valence-electron chi connectivity index (χ0n) is 54.2. The van der Waals surface area contributed by atoms with Crippen LogP contribution >= 0.6 is 11.6 Å². The fourth-order valence-electron chi connectivity index (χ4n) is 15.4. The minimum atomic E-state index is -4.50. The molecule has 0 amide bonds. The van der Waals surface area contributed by atoms with Crippen molar-refractivity contribution in [3.63, 3.8) is 0 Å². The van der Waals surface area contributed by atoms with Crippen LogP contribution in [0, 0.1) is 29.6 Å². The molecule has 3 saturated carbocycles. The number of alkyl halides is 3. The van der Waals surface area contributed by atoms with Gasteiger partial charge in [-0.25, -0.2) is 0 Å². The van der Waals surface area contributed by atoms with Gasteiger partial charge in [0.2, 0.25) is 0 Å². The molecule has 3 aliphatic heterocycles. The van der Waals surface area contributed by atoms with Gasteiger partial charge in [0.25, 0.3) is 0 Å². The summed E-state index contributed by atoms with van der Waals surface area (Å²) in [6.45, 7) is 28.5. The molecule has 6 aliphatic rings. The van der Waals surface area contributed by atoms with Gasteiger partial charge in [0.05, 0.1) is 17.1 Å². The summed E-state index contributed by atoms with van der Waals surface area (Å²) < 4.78 is 40.9. The molecule has 11 nitrogen and oxygen atoms in total. The standard InChI is InChI=1S/C69H117ClF3N11/c1-12-50(4)65-43-78-64(42-57-24-17-14-18-25-57)53(7)77-44-66-51(5)45-84(66)67(49(2)3)54(8)80-68(32-19-20-33-68)48-75-36-35-74-34-31-59(29-27-58-28-30-62(63(70)41-58)69(71,72)73)76-37-39-81(10)46-61(40-56-22-15-13-16-23-56)82(11)47-60-26-21-38-83(60)55(9)52(6)79-65/h28,30-31,34,37,39,41,46-47,49-57,64-67,75-80H,12-27,29,32-33,35-36,38,40,42-45,48H2,1-11H3/t50-,51+,52?,53?,54?,55-,64-,65+,66?,67-/m0/s1. The smallest absolute Gasteiger partial charge is 0.369 e. The van der Waals surface area contributed by atoms with Crippen molar-refractivity contribution in [3.05, 3.63) is 82.3 Å². The first-order valence-corrected chi connectivity index (χ1v) is 34.2. The molecule has 0 aromatic heterocycles. The predicted octanol–water partition coefficient (Wildman–Crippen LogP) is 13.8. The van der Waals surface area contributed by atoms with Crippen molar-refractivity contribution < 1.29 is 13.2 Å². The average Bonchev–Trinajstić information content (AvgIpc) is 2.66. The molecular formula is C69H117ClF3N11. The fourth-order valence-corrected chi connectivity index (χ4v) is 15.7. The second kappa shape index (κ2) is 33.5. The maximum atomic E-state index is 13.6. The van der Waals surface area contributed by atoms with Gasteiger partial charge >= 0.3 is 6.18 Å². The maximum Gasteiger partial charge on any atom is 0.417 e. The Kier molecular flexibility index (Phi) is 27.2. The first-order valence-electron chi connectivity index (χ1n) is 33.8. The second-order valence-corrected chi connectivity index (χ2v) is 28.2. The minimum Gasteiger partial charge on any atom is -0.369 e. The molecule has 1 spiro atoms. The Balaban J connectivity index is 1.15. The van der Waals surface area contributed by atoms with Crippen molar-refractivity contribution in [1.29, 1.82) is 0 Å². The summed E-state index contributed by atoms with van der Waals surface area (Å²) in [4.78, 5) is 15.0. The summed E-state index contributed by atoms with van der Waals surface area (Å²) in [5.74, 6) is 3.14. The monoisotopic (exact) mass is 1190 g/mol. The lowest BCUT2D eigenvalue weighted by atomic mass is 9.81. The molecule has 15 heteroatoms. The topological polar surface area (TPSA) is 97.5 Å². The Morgan fingerprint density at radius 1 is 0.821 bits per heavy atom. The van der Waals surface area contributed by atoms with Crippen LogP contribution in [-0.4, -0.2) is 140 Å². The molecule has 4 unspecified atom stereocenters. The second-order valence-electron chi connectivity index (χ2n) is 27.8. The Labute approximate surface area is 514 Å². The summed E-state index contributed by atoms with van der Waals surface area (Å²) >= 11 is 6.19. The van der Waals surface area contributed by atoms with Crippen LogP contribution in [0.25, 0.3) is 0 Å². The van der Waals surface area contributed by atoms with E-state index in [1.165, 1.54) is 120 Å². The van der Waals surface area contributed by atoms with Crippen molar-refractivity contribution in [2.24, 2.45) is 34.6 Å². The summed E-state index contributed by atoms with van der Waals surface area (Å²) in [6.07, 6.45) is 33.0. The third kappa shape index (κ3) is 20.2. The molecule has 1 aromatic rings. The van der Waals surface area contributed by atoms with Crippen molar-refractivity contribution in [2.45, 2.75) is 257 Å². The van der Waals surface area contributed by atoms with Gasteiger partial charge in [-0.15, -0.1) is 0 Å². The first-order chi connectivity index (χ1) is 40.2. The molecule has 3 heterocycles. The van der Waals surface area contributed by atoms with Crippen LogP contribution in [0.5, 0.6) is 0 Å². The van der Waals surface area contributed by atoms with Crippen LogP contribution in [-0.2, 0) is 12.6 Å². The molecule has 84 heavy (non-hydrogen) atoms. The van der Waals surface area contributed by atoms with Gasteiger partial charge in [-0.1, -0.05) is 136 Å². The Morgan fingerprint density at radius 3 is 2.20 bits per heavy atom. The molecule has 0 radical (unpaired) electrons. The molecule has 0 bridgehead atoms. The molecule has 7 rings (SSSR count). The number of halogens is 4. The zero-order valence-corrected chi connectivity index (χ0v) is 55.0. The number of fused-ring (bicyclic) bond motifs is 2. The van der Waals surface area contributed by atoms with Gasteiger partial charge in [0, 0.05) is 155 Å². The van der Waals surface area contributed by atoms with Gasteiger partial charge in [-0.3, -0.25) is 9.89 Å². The largest absolute Gasteiger partial charge is 0.417 e. The average molecular weight is 1190 g/mol.